The van der Waals surface area contributed by atoms with Gasteiger partial charge in [-0.25, -0.2) is 13.6 Å². The van der Waals surface area contributed by atoms with Gasteiger partial charge in [-0.3, -0.25) is 23.6 Å². The molecule has 13 heteroatoms. The maximum atomic E-state index is 15.7. The van der Waals surface area contributed by atoms with Crippen LogP contribution in [-0.2, 0) is 24.1 Å². The minimum absolute atomic E-state index is 0.126. The van der Waals surface area contributed by atoms with Crippen molar-refractivity contribution in [2.45, 2.75) is 52.0 Å². The number of methoxy groups -OCH3 is 1. The molecule has 4 rings (SSSR count). The predicted octanol–water partition coefficient (Wildman–Crippen LogP) is 6.27. The minimum atomic E-state index is -4.96. The van der Waals surface area contributed by atoms with Gasteiger partial charge in [0.1, 0.15) is 5.82 Å². The summed E-state index contributed by atoms with van der Waals surface area (Å²) in [6, 6.07) is 14.6. The summed E-state index contributed by atoms with van der Waals surface area (Å²) in [5, 5.41) is 9.18. The molecule has 1 atom stereocenters. The van der Waals surface area contributed by atoms with Gasteiger partial charge < -0.3 is 9.84 Å². The first-order valence-corrected chi connectivity index (χ1v) is 14.8. The third kappa shape index (κ3) is 7.62. The number of likely N-dealkylation sites (N-methyl/N-ethyl adjacent to an activating group) is 1. The zero-order valence-corrected chi connectivity index (χ0v) is 26.0. The number of rotatable bonds is 13. The molecule has 47 heavy (non-hydrogen) atoms. The SMILES string of the molecule is CCN(CCCC(=O)O)[C@@H](Cn1c(=O)c(-c2cccc(OC)c2F)c(C)n(Cc2c(F)cccc2C(F)(F)F)c1=O)c1ccccc1. The Hall–Kier alpha value is -4.78. The Balaban J connectivity index is 2.00. The molecule has 0 aliphatic heterocycles. The topological polar surface area (TPSA) is 93.8 Å². The van der Waals surface area contributed by atoms with Crippen molar-refractivity contribution in [2.75, 3.05) is 20.2 Å². The van der Waals surface area contributed by atoms with Crippen molar-refractivity contribution in [3.8, 4) is 16.9 Å². The molecule has 1 heterocycles. The standard InChI is InChI=1S/C34H34F5N3O5/c1-4-40(18-10-17-29(43)44)27(22-11-6-5-7-12-22)20-42-32(45)30(23-13-8-16-28(47-3)31(23)36)21(2)41(33(42)46)19-24-25(34(37,38)39)14-9-15-26(24)35/h5-9,11-16,27H,4,10,17-20H2,1-3H3,(H,43,44)/t27-/m0/s1. The Morgan fingerprint density at radius 3 is 2.28 bits per heavy atom. The Kier molecular flexibility index (Phi) is 11.0. The minimum Gasteiger partial charge on any atom is -0.494 e. The second-order valence-corrected chi connectivity index (χ2v) is 10.9. The van der Waals surface area contributed by atoms with Crippen LogP contribution in [0.2, 0.25) is 0 Å². The number of aliphatic carboxylic acids is 1. The number of carboxylic acid groups (broad SMARTS) is 1. The lowest BCUT2D eigenvalue weighted by Crippen LogP contribution is -2.45. The Bertz CT molecular complexity index is 1850. The number of ether oxygens (including phenoxy) is 1. The maximum absolute atomic E-state index is 15.7. The summed E-state index contributed by atoms with van der Waals surface area (Å²) in [6.07, 6.45) is -4.83. The highest BCUT2D eigenvalue weighted by atomic mass is 19.4. The second kappa shape index (κ2) is 14.8. The molecule has 0 fully saturated rings. The van der Waals surface area contributed by atoms with Gasteiger partial charge in [0.25, 0.3) is 5.56 Å². The van der Waals surface area contributed by atoms with Crippen LogP contribution in [0.1, 0.15) is 48.2 Å². The molecule has 0 bridgehead atoms. The summed E-state index contributed by atoms with van der Waals surface area (Å²) in [7, 11) is 1.22. The van der Waals surface area contributed by atoms with Crippen LogP contribution in [0.5, 0.6) is 5.75 Å². The summed E-state index contributed by atoms with van der Waals surface area (Å²) in [5.41, 5.74) is -4.14. The molecule has 1 aromatic heterocycles. The first-order chi connectivity index (χ1) is 22.3. The molecule has 0 spiro atoms. The van der Waals surface area contributed by atoms with E-state index in [1.165, 1.54) is 32.2 Å². The fraction of sp³-hybridized carbons (Fsp3) is 0.324. The van der Waals surface area contributed by atoms with Crippen LogP contribution in [0.15, 0.2) is 76.3 Å². The van der Waals surface area contributed by atoms with E-state index in [9.17, 15) is 32.7 Å². The number of carbonyl (C=O) groups is 1. The zero-order valence-electron chi connectivity index (χ0n) is 26.0. The van der Waals surface area contributed by atoms with Crippen LogP contribution in [-0.4, -0.2) is 45.3 Å². The molecule has 1 N–H and O–H groups in total. The second-order valence-electron chi connectivity index (χ2n) is 10.9. The molecule has 3 aromatic carbocycles. The summed E-state index contributed by atoms with van der Waals surface area (Å²) in [6.45, 7) is 2.53. The summed E-state index contributed by atoms with van der Waals surface area (Å²) >= 11 is 0. The fourth-order valence-electron chi connectivity index (χ4n) is 5.71. The first-order valence-electron chi connectivity index (χ1n) is 14.8. The predicted molar refractivity (Wildman–Crippen MR) is 165 cm³/mol. The molecule has 0 saturated carbocycles. The monoisotopic (exact) mass is 659 g/mol. The van der Waals surface area contributed by atoms with E-state index in [1.54, 1.807) is 30.3 Å². The van der Waals surface area contributed by atoms with Crippen molar-refractivity contribution < 1.29 is 36.6 Å². The number of nitrogens with zero attached hydrogens (tertiary/aromatic N) is 3. The van der Waals surface area contributed by atoms with E-state index in [0.29, 0.717) is 18.2 Å². The van der Waals surface area contributed by atoms with Crippen LogP contribution in [0, 0.1) is 18.6 Å². The van der Waals surface area contributed by atoms with E-state index in [2.05, 4.69) is 0 Å². The van der Waals surface area contributed by atoms with E-state index >= 15 is 8.78 Å². The molecule has 0 saturated heterocycles. The van der Waals surface area contributed by atoms with Crippen LogP contribution in [0.3, 0.4) is 0 Å². The van der Waals surface area contributed by atoms with Gasteiger partial charge in [0.2, 0.25) is 0 Å². The summed E-state index contributed by atoms with van der Waals surface area (Å²) in [4.78, 5) is 41.5. The van der Waals surface area contributed by atoms with Crippen LogP contribution in [0.25, 0.3) is 11.1 Å². The van der Waals surface area contributed by atoms with E-state index in [-0.39, 0.29) is 48.5 Å². The van der Waals surface area contributed by atoms with Gasteiger partial charge in [-0.2, -0.15) is 13.2 Å². The highest BCUT2D eigenvalue weighted by Crippen LogP contribution is 2.34. The molecule has 0 unspecified atom stereocenters. The molecule has 0 amide bonds. The first kappa shape index (κ1) is 35.1. The average molecular weight is 660 g/mol. The van der Waals surface area contributed by atoms with Crippen LogP contribution >= 0.6 is 0 Å². The van der Waals surface area contributed by atoms with Crippen LogP contribution < -0.4 is 16.0 Å². The number of hydrogen-bond acceptors (Lipinski definition) is 5. The Morgan fingerprint density at radius 2 is 1.66 bits per heavy atom. The summed E-state index contributed by atoms with van der Waals surface area (Å²) in [5.74, 6) is -3.35. The smallest absolute Gasteiger partial charge is 0.416 e. The molecule has 0 aliphatic rings. The number of hydrogen-bond donors (Lipinski definition) is 1. The van der Waals surface area contributed by atoms with Crippen LogP contribution in [0.4, 0.5) is 22.0 Å². The van der Waals surface area contributed by atoms with Gasteiger partial charge in [0, 0.05) is 23.2 Å². The van der Waals surface area contributed by atoms with Gasteiger partial charge >= 0.3 is 17.8 Å². The van der Waals surface area contributed by atoms with Gasteiger partial charge in [0.15, 0.2) is 11.6 Å². The molecule has 8 nitrogen and oxygen atoms in total. The zero-order chi connectivity index (χ0) is 34.5. The normalized spacial score (nSPS) is 12.4. The number of halogens is 5. The quantitative estimate of drug-likeness (QED) is 0.170. The molecule has 0 aliphatic carbocycles. The van der Waals surface area contributed by atoms with Gasteiger partial charge in [0.05, 0.1) is 37.4 Å². The third-order valence-corrected chi connectivity index (χ3v) is 8.10. The Labute approximate surface area is 267 Å². The highest BCUT2D eigenvalue weighted by Gasteiger charge is 2.35. The average Bonchev–Trinajstić information content (AvgIpc) is 3.03. The fourth-order valence-corrected chi connectivity index (χ4v) is 5.71. The van der Waals surface area contributed by atoms with Gasteiger partial charge in [-0.1, -0.05) is 55.5 Å². The number of alkyl halides is 3. The largest absolute Gasteiger partial charge is 0.494 e. The lowest BCUT2D eigenvalue weighted by molar-refractivity contribution is -0.139. The molecular weight excluding hydrogens is 625 g/mol. The number of carboxylic acids is 1. The van der Waals surface area contributed by atoms with Crippen molar-refractivity contribution in [1.82, 2.24) is 14.0 Å². The third-order valence-electron chi connectivity index (χ3n) is 8.10. The van der Waals surface area contributed by atoms with Crippen molar-refractivity contribution in [2.24, 2.45) is 0 Å². The molecular formula is C34H34F5N3O5. The van der Waals surface area contributed by atoms with Gasteiger partial charge in [-0.15, -0.1) is 0 Å². The highest BCUT2D eigenvalue weighted by molar-refractivity contribution is 5.68. The molecule has 4 aromatic rings. The van der Waals surface area contributed by atoms with Crippen molar-refractivity contribution in [1.29, 1.82) is 0 Å². The van der Waals surface area contributed by atoms with E-state index in [1.807, 2.05) is 11.8 Å². The van der Waals surface area contributed by atoms with Crippen molar-refractivity contribution >= 4 is 5.97 Å². The van der Waals surface area contributed by atoms with E-state index < -0.39 is 58.7 Å². The molecule has 0 radical (unpaired) electrons. The molecule has 250 valence electrons. The van der Waals surface area contributed by atoms with Crippen molar-refractivity contribution in [3.63, 3.8) is 0 Å². The lowest BCUT2D eigenvalue weighted by Gasteiger charge is -2.32. The number of aromatic nitrogens is 2. The van der Waals surface area contributed by atoms with E-state index in [0.717, 1.165) is 21.3 Å². The maximum Gasteiger partial charge on any atom is 0.416 e. The number of benzene rings is 3. The summed E-state index contributed by atoms with van der Waals surface area (Å²) < 4.78 is 79.4. The lowest BCUT2D eigenvalue weighted by atomic mass is 10.0. The van der Waals surface area contributed by atoms with Gasteiger partial charge in [-0.05, 0) is 50.2 Å². The van der Waals surface area contributed by atoms with Crippen molar-refractivity contribution in [3.05, 3.63) is 122 Å². The Morgan fingerprint density at radius 1 is 0.979 bits per heavy atom. The van der Waals surface area contributed by atoms with E-state index in [4.69, 9.17) is 4.74 Å².